The molecule has 0 radical (unpaired) electrons. The molecular formula is C8H5BrF2N2. The van der Waals surface area contributed by atoms with E-state index in [1.165, 1.54) is 4.68 Å². The molecule has 0 saturated heterocycles. The number of benzene rings is 1. The standard InChI is InChI=1S/C8H5BrF2N2/c1-13-8(9)4-2-5(10)6(11)3-7(4)12-13/h2-3H,1H3. The third kappa shape index (κ3) is 1.23. The van der Waals surface area contributed by atoms with Gasteiger partial charge in [-0.3, -0.25) is 4.68 Å². The van der Waals surface area contributed by atoms with Crippen molar-refractivity contribution in [3.8, 4) is 0 Å². The molecule has 0 unspecified atom stereocenters. The fourth-order valence-corrected chi connectivity index (χ4v) is 1.56. The molecule has 5 heteroatoms. The molecule has 0 aliphatic heterocycles. The normalized spacial score (nSPS) is 11.1. The number of aryl methyl sites for hydroxylation is 1. The zero-order valence-corrected chi connectivity index (χ0v) is 8.27. The molecule has 1 aromatic heterocycles. The topological polar surface area (TPSA) is 17.8 Å². The zero-order valence-electron chi connectivity index (χ0n) is 6.68. The Morgan fingerprint density at radius 2 is 1.92 bits per heavy atom. The van der Waals surface area contributed by atoms with Crippen LogP contribution in [0, 0.1) is 11.6 Å². The Hall–Kier alpha value is -0.970. The summed E-state index contributed by atoms with van der Waals surface area (Å²) in [5, 5.41) is 4.55. The van der Waals surface area contributed by atoms with Crippen LogP contribution in [0.5, 0.6) is 0 Å². The second-order valence-corrected chi connectivity index (χ2v) is 3.45. The van der Waals surface area contributed by atoms with E-state index in [2.05, 4.69) is 21.0 Å². The van der Waals surface area contributed by atoms with Gasteiger partial charge < -0.3 is 0 Å². The van der Waals surface area contributed by atoms with Gasteiger partial charge in [-0.15, -0.1) is 0 Å². The molecule has 0 aliphatic carbocycles. The Morgan fingerprint density at radius 1 is 1.31 bits per heavy atom. The molecule has 0 bridgehead atoms. The Labute approximate surface area is 81.3 Å². The molecule has 2 rings (SSSR count). The van der Waals surface area contributed by atoms with Crippen LogP contribution in [0.1, 0.15) is 0 Å². The summed E-state index contributed by atoms with van der Waals surface area (Å²) in [7, 11) is 1.69. The molecule has 0 saturated carbocycles. The van der Waals surface area contributed by atoms with Gasteiger partial charge in [-0.25, -0.2) is 8.78 Å². The van der Waals surface area contributed by atoms with Gasteiger partial charge in [0.15, 0.2) is 11.6 Å². The molecule has 2 aromatic rings. The summed E-state index contributed by atoms with van der Waals surface area (Å²) in [6.45, 7) is 0. The molecule has 68 valence electrons. The highest BCUT2D eigenvalue weighted by molar-refractivity contribution is 9.10. The van der Waals surface area contributed by atoms with E-state index in [1.54, 1.807) is 7.05 Å². The van der Waals surface area contributed by atoms with Gasteiger partial charge in [-0.1, -0.05) is 0 Å². The average molecular weight is 247 g/mol. The maximum atomic E-state index is 12.8. The number of hydrogen-bond acceptors (Lipinski definition) is 1. The van der Waals surface area contributed by atoms with Gasteiger partial charge in [0.2, 0.25) is 0 Å². The van der Waals surface area contributed by atoms with Crippen LogP contribution in [0.2, 0.25) is 0 Å². The Kier molecular flexibility index (Phi) is 1.83. The minimum atomic E-state index is -0.877. The van der Waals surface area contributed by atoms with Gasteiger partial charge in [0.05, 0.1) is 5.52 Å². The van der Waals surface area contributed by atoms with Gasteiger partial charge in [-0.05, 0) is 22.0 Å². The maximum Gasteiger partial charge on any atom is 0.161 e. The monoisotopic (exact) mass is 246 g/mol. The highest BCUT2D eigenvalue weighted by atomic mass is 79.9. The van der Waals surface area contributed by atoms with Crippen molar-refractivity contribution in [2.75, 3.05) is 0 Å². The second kappa shape index (κ2) is 2.77. The van der Waals surface area contributed by atoms with E-state index in [1.807, 2.05) is 0 Å². The van der Waals surface area contributed by atoms with Crippen LogP contribution in [0.3, 0.4) is 0 Å². The molecule has 0 fully saturated rings. The largest absolute Gasteiger partial charge is 0.260 e. The van der Waals surface area contributed by atoms with Gasteiger partial charge in [0.1, 0.15) is 4.60 Å². The third-order valence-electron chi connectivity index (χ3n) is 1.80. The average Bonchev–Trinajstić information content (AvgIpc) is 2.32. The second-order valence-electron chi connectivity index (χ2n) is 2.70. The lowest BCUT2D eigenvalue weighted by Gasteiger charge is -1.91. The van der Waals surface area contributed by atoms with Crippen LogP contribution in [0.15, 0.2) is 16.7 Å². The highest BCUT2D eigenvalue weighted by Crippen LogP contribution is 2.24. The molecule has 1 heterocycles. The van der Waals surface area contributed by atoms with E-state index in [0.717, 1.165) is 12.1 Å². The van der Waals surface area contributed by atoms with E-state index in [4.69, 9.17) is 0 Å². The molecular weight excluding hydrogens is 242 g/mol. The predicted molar refractivity (Wildman–Crippen MR) is 48.3 cm³/mol. The lowest BCUT2D eigenvalue weighted by atomic mass is 10.2. The fourth-order valence-electron chi connectivity index (χ4n) is 1.16. The van der Waals surface area contributed by atoms with Crippen molar-refractivity contribution in [2.45, 2.75) is 0 Å². The van der Waals surface area contributed by atoms with Gasteiger partial charge in [0.25, 0.3) is 0 Å². The fraction of sp³-hybridized carbons (Fsp3) is 0.125. The summed E-state index contributed by atoms with van der Waals surface area (Å²) < 4.78 is 27.7. The molecule has 13 heavy (non-hydrogen) atoms. The molecule has 2 nitrogen and oxygen atoms in total. The van der Waals surface area contributed by atoms with Crippen molar-refractivity contribution in [3.05, 3.63) is 28.4 Å². The summed E-state index contributed by atoms with van der Waals surface area (Å²) >= 11 is 3.22. The van der Waals surface area contributed by atoms with Crippen LogP contribution in [-0.4, -0.2) is 9.78 Å². The van der Waals surface area contributed by atoms with E-state index in [-0.39, 0.29) is 0 Å². The first kappa shape index (κ1) is 8.62. The Balaban J connectivity index is 2.89. The van der Waals surface area contributed by atoms with Gasteiger partial charge in [0, 0.05) is 18.5 Å². The summed E-state index contributed by atoms with van der Waals surface area (Å²) in [6, 6.07) is 2.21. The molecule has 0 spiro atoms. The smallest absolute Gasteiger partial charge is 0.161 e. The predicted octanol–water partition coefficient (Wildman–Crippen LogP) is 2.61. The zero-order chi connectivity index (χ0) is 9.59. The quantitative estimate of drug-likeness (QED) is 0.699. The van der Waals surface area contributed by atoms with Crippen molar-refractivity contribution in [1.82, 2.24) is 9.78 Å². The minimum absolute atomic E-state index is 0.438. The number of halogens is 3. The number of aromatic nitrogens is 2. The Morgan fingerprint density at radius 3 is 2.62 bits per heavy atom. The first-order valence-electron chi connectivity index (χ1n) is 3.57. The number of hydrogen-bond donors (Lipinski definition) is 0. The van der Waals surface area contributed by atoms with Crippen LogP contribution in [0.4, 0.5) is 8.78 Å². The van der Waals surface area contributed by atoms with E-state index in [0.29, 0.717) is 15.5 Å². The van der Waals surface area contributed by atoms with E-state index >= 15 is 0 Å². The van der Waals surface area contributed by atoms with Crippen LogP contribution < -0.4 is 0 Å². The van der Waals surface area contributed by atoms with E-state index in [9.17, 15) is 8.78 Å². The summed E-state index contributed by atoms with van der Waals surface area (Å²) in [5.41, 5.74) is 0.438. The van der Waals surface area contributed by atoms with Crippen molar-refractivity contribution in [3.63, 3.8) is 0 Å². The summed E-state index contributed by atoms with van der Waals surface area (Å²) in [4.78, 5) is 0. The first-order valence-corrected chi connectivity index (χ1v) is 4.36. The van der Waals surface area contributed by atoms with Crippen LogP contribution in [0.25, 0.3) is 10.9 Å². The van der Waals surface area contributed by atoms with Crippen molar-refractivity contribution in [2.24, 2.45) is 7.05 Å². The third-order valence-corrected chi connectivity index (χ3v) is 2.74. The number of fused-ring (bicyclic) bond motifs is 1. The molecule has 0 amide bonds. The number of nitrogens with zero attached hydrogens (tertiary/aromatic N) is 2. The summed E-state index contributed by atoms with van der Waals surface area (Å²) in [6.07, 6.45) is 0. The Bertz CT molecular complexity index is 478. The van der Waals surface area contributed by atoms with Crippen LogP contribution in [-0.2, 0) is 7.05 Å². The summed E-state index contributed by atoms with van der Waals surface area (Å²) in [5.74, 6) is -1.74. The lowest BCUT2D eigenvalue weighted by molar-refractivity contribution is 0.511. The van der Waals surface area contributed by atoms with E-state index < -0.39 is 11.6 Å². The lowest BCUT2D eigenvalue weighted by Crippen LogP contribution is -1.88. The van der Waals surface area contributed by atoms with Crippen LogP contribution >= 0.6 is 15.9 Å². The minimum Gasteiger partial charge on any atom is -0.260 e. The highest BCUT2D eigenvalue weighted by Gasteiger charge is 2.10. The van der Waals surface area contributed by atoms with Gasteiger partial charge >= 0.3 is 0 Å². The molecule has 1 aromatic carbocycles. The SMILES string of the molecule is Cn1nc2cc(F)c(F)cc2c1Br. The number of rotatable bonds is 0. The van der Waals surface area contributed by atoms with Crippen molar-refractivity contribution >= 4 is 26.8 Å². The maximum absolute atomic E-state index is 12.8. The van der Waals surface area contributed by atoms with Crippen molar-refractivity contribution in [1.29, 1.82) is 0 Å². The van der Waals surface area contributed by atoms with Gasteiger partial charge in [-0.2, -0.15) is 5.10 Å². The molecule has 0 aliphatic rings. The molecule has 0 atom stereocenters. The molecule has 0 N–H and O–H groups in total. The first-order chi connectivity index (χ1) is 6.09. The van der Waals surface area contributed by atoms with Crippen molar-refractivity contribution < 1.29 is 8.78 Å².